The van der Waals surface area contributed by atoms with Gasteiger partial charge in [-0.2, -0.15) is 0 Å². The largest absolute Gasteiger partial charge is 0.359 e. The van der Waals surface area contributed by atoms with E-state index in [0.29, 0.717) is 0 Å². The molecular formula is C6H4N. The van der Waals surface area contributed by atoms with Gasteiger partial charge in [0.25, 0.3) is 0 Å². The summed E-state index contributed by atoms with van der Waals surface area (Å²) >= 11 is 0. The van der Waals surface area contributed by atoms with Crippen LogP contribution in [0.2, 0.25) is 0 Å². The van der Waals surface area contributed by atoms with Gasteiger partial charge in [0.15, 0.2) is 0 Å². The molecule has 0 aliphatic heterocycles. The molecular weight excluding hydrogens is 86.1 g/mol. The highest BCUT2D eigenvalue weighted by Gasteiger charge is 1.78. The normalized spacial score (nSPS) is 7.86. The molecule has 1 rings (SSSR count). The number of aromatic nitrogens is 1. The van der Waals surface area contributed by atoms with Crippen molar-refractivity contribution in [1.29, 1.82) is 0 Å². The zero-order valence-electron chi connectivity index (χ0n) is 3.73. The molecule has 0 aromatic carbocycles. The highest BCUT2D eigenvalue weighted by atomic mass is 14.6. The number of H-pyrrole nitrogens is 1. The van der Waals surface area contributed by atoms with Crippen LogP contribution in [0.25, 0.3) is 0 Å². The molecule has 0 spiro atoms. The third-order valence-electron chi connectivity index (χ3n) is 0.705. The topological polar surface area (TPSA) is 15.8 Å². The van der Waals surface area contributed by atoms with E-state index in [9.17, 15) is 0 Å². The van der Waals surface area contributed by atoms with Crippen molar-refractivity contribution in [2.24, 2.45) is 0 Å². The first-order valence-electron chi connectivity index (χ1n) is 1.94. The lowest BCUT2D eigenvalue weighted by Crippen LogP contribution is -1.56. The Hall–Kier alpha value is -1.16. The van der Waals surface area contributed by atoms with Crippen molar-refractivity contribution >= 4 is 0 Å². The Morgan fingerprint density at radius 1 is 1.86 bits per heavy atom. The van der Waals surface area contributed by atoms with Crippen molar-refractivity contribution in [3.05, 3.63) is 24.0 Å². The first kappa shape index (κ1) is 4.01. The molecule has 0 bridgehead atoms. The Labute approximate surface area is 42.4 Å². The van der Waals surface area contributed by atoms with Crippen LogP contribution in [0.5, 0.6) is 0 Å². The van der Waals surface area contributed by atoms with Gasteiger partial charge in [-0.05, 0) is 6.07 Å². The summed E-state index contributed by atoms with van der Waals surface area (Å²) in [6, 6.07) is 1.72. The molecule has 1 heterocycles. The number of rotatable bonds is 0. The van der Waals surface area contributed by atoms with Crippen molar-refractivity contribution in [1.82, 2.24) is 4.98 Å². The molecule has 0 saturated carbocycles. The van der Waals surface area contributed by atoms with Crippen LogP contribution in [0.4, 0.5) is 0 Å². The van der Waals surface area contributed by atoms with Crippen LogP contribution in [0.1, 0.15) is 5.56 Å². The molecule has 1 nitrogen and oxygen atoms in total. The number of hydrogen-bond acceptors (Lipinski definition) is 0. The molecule has 0 aliphatic carbocycles. The standard InChI is InChI=1S/C6H4N/c1-2-6-3-4-7-5-6/h1,3,5,7H. The third-order valence-corrected chi connectivity index (χ3v) is 0.705. The third kappa shape index (κ3) is 0.635. The lowest BCUT2D eigenvalue weighted by molar-refractivity contribution is 1.39. The second kappa shape index (κ2) is 1.53. The molecule has 0 fully saturated rings. The van der Waals surface area contributed by atoms with Gasteiger partial charge in [0, 0.05) is 11.8 Å². The minimum atomic E-state index is 0.847. The van der Waals surface area contributed by atoms with Gasteiger partial charge in [0.1, 0.15) is 0 Å². The molecule has 0 amide bonds. The monoisotopic (exact) mass is 90.0 g/mol. The van der Waals surface area contributed by atoms with E-state index in [2.05, 4.69) is 17.1 Å². The zero-order valence-corrected chi connectivity index (χ0v) is 3.73. The van der Waals surface area contributed by atoms with E-state index < -0.39 is 0 Å². The van der Waals surface area contributed by atoms with Crippen LogP contribution in [-0.4, -0.2) is 4.98 Å². The maximum absolute atomic E-state index is 5.00. The van der Waals surface area contributed by atoms with E-state index >= 15 is 0 Å². The summed E-state index contributed by atoms with van der Waals surface area (Å²) in [6.07, 6.45) is 9.44. The first-order valence-corrected chi connectivity index (χ1v) is 1.94. The molecule has 0 aliphatic rings. The van der Waals surface area contributed by atoms with E-state index in [4.69, 9.17) is 6.42 Å². The summed E-state index contributed by atoms with van der Waals surface area (Å²) in [5.41, 5.74) is 0.847. The Bertz CT molecular complexity index is 167. The lowest BCUT2D eigenvalue weighted by Gasteiger charge is -1.66. The highest BCUT2D eigenvalue weighted by Crippen LogP contribution is 1.88. The second-order valence-electron chi connectivity index (χ2n) is 1.18. The molecule has 0 unspecified atom stereocenters. The molecule has 0 atom stereocenters. The fourth-order valence-corrected chi connectivity index (χ4v) is 0.364. The minimum absolute atomic E-state index is 0.847. The summed E-state index contributed by atoms with van der Waals surface area (Å²) in [5, 5.41) is 0. The maximum atomic E-state index is 5.00. The fourth-order valence-electron chi connectivity index (χ4n) is 0.364. The summed E-state index contributed by atoms with van der Waals surface area (Å²) in [4.78, 5) is 2.71. The maximum Gasteiger partial charge on any atom is 0.0632 e. The van der Waals surface area contributed by atoms with Crippen LogP contribution in [-0.2, 0) is 0 Å². The number of aromatic amines is 1. The minimum Gasteiger partial charge on any atom is -0.359 e. The average molecular weight is 90.1 g/mol. The second-order valence-corrected chi connectivity index (χ2v) is 1.18. The van der Waals surface area contributed by atoms with E-state index in [1.54, 1.807) is 12.3 Å². The van der Waals surface area contributed by atoms with Crippen LogP contribution in [0.3, 0.4) is 0 Å². The lowest BCUT2D eigenvalue weighted by atomic mass is 10.4. The van der Waals surface area contributed by atoms with Gasteiger partial charge in [-0.25, -0.2) is 0 Å². The van der Waals surface area contributed by atoms with Crippen molar-refractivity contribution in [2.75, 3.05) is 0 Å². The predicted octanol–water partition coefficient (Wildman–Crippen LogP) is 0.796. The SMILES string of the molecule is C#Cc1c[c][nH]c1. The predicted molar refractivity (Wildman–Crippen MR) is 27.6 cm³/mol. The fraction of sp³-hybridized carbons (Fsp3) is 0. The summed E-state index contributed by atoms with van der Waals surface area (Å²) in [5.74, 6) is 2.44. The Kier molecular flexibility index (Phi) is 0.874. The molecule has 1 aromatic heterocycles. The van der Waals surface area contributed by atoms with Gasteiger partial charge in [-0.15, -0.1) is 6.42 Å². The van der Waals surface area contributed by atoms with Crippen molar-refractivity contribution < 1.29 is 0 Å². The Morgan fingerprint density at radius 3 is 3.00 bits per heavy atom. The smallest absolute Gasteiger partial charge is 0.0632 e. The van der Waals surface area contributed by atoms with E-state index in [0.717, 1.165) is 5.56 Å². The van der Waals surface area contributed by atoms with Gasteiger partial charge < -0.3 is 4.98 Å². The van der Waals surface area contributed by atoms with Crippen molar-refractivity contribution in [2.45, 2.75) is 0 Å². The van der Waals surface area contributed by atoms with Crippen LogP contribution >= 0.6 is 0 Å². The van der Waals surface area contributed by atoms with Crippen molar-refractivity contribution in [3.8, 4) is 12.3 Å². The molecule has 0 saturated heterocycles. The summed E-state index contributed by atoms with van der Waals surface area (Å²) < 4.78 is 0. The van der Waals surface area contributed by atoms with E-state index in [1.807, 2.05) is 0 Å². The molecule has 7 heavy (non-hydrogen) atoms. The summed E-state index contributed by atoms with van der Waals surface area (Å²) in [7, 11) is 0. The number of nitrogens with one attached hydrogen (secondary N) is 1. The number of hydrogen-bond donors (Lipinski definition) is 1. The van der Waals surface area contributed by atoms with E-state index in [-0.39, 0.29) is 0 Å². The van der Waals surface area contributed by atoms with Gasteiger partial charge in [0.2, 0.25) is 0 Å². The van der Waals surface area contributed by atoms with Crippen LogP contribution in [0, 0.1) is 18.5 Å². The van der Waals surface area contributed by atoms with Gasteiger partial charge in [-0.1, -0.05) is 5.92 Å². The quantitative estimate of drug-likeness (QED) is 0.453. The van der Waals surface area contributed by atoms with Crippen molar-refractivity contribution in [3.63, 3.8) is 0 Å². The van der Waals surface area contributed by atoms with Gasteiger partial charge in [-0.3, -0.25) is 0 Å². The van der Waals surface area contributed by atoms with Crippen LogP contribution < -0.4 is 0 Å². The molecule has 1 heteroatoms. The molecule has 1 N–H and O–H groups in total. The Balaban J connectivity index is 3.04. The molecule has 1 aromatic rings. The Morgan fingerprint density at radius 2 is 2.71 bits per heavy atom. The average Bonchev–Trinajstić information content (AvgIpc) is 2.14. The number of terminal acetylenes is 1. The molecule has 1 radical (unpaired) electrons. The van der Waals surface area contributed by atoms with Crippen LogP contribution in [0.15, 0.2) is 12.3 Å². The summed E-state index contributed by atoms with van der Waals surface area (Å²) in [6.45, 7) is 0. The highest BCUT2D eigenvalue weighted by molar-refractivity contribution is 5.27. The molecule has 33 valence electrons. The van der Waals surface area contributed by atoms with E-state index in [1.165, 1.54) is 0 Å². The first-order chi connectivity index (χ1) is 3.43. The van der Waals surface area contributed by atoms with Gasteiger partial charge >= 0.3 is 0 Å². The zero-order chi connectivity index (χ0) is 5.11. The van der Waals surface area contributed by atoms with Gasteiger partial charge in [0.05, 0.1) is 6.20 Å².